The average Bonchev–Trinajstić information content (AvgIpc) is 2.28. The molecule has 0 unspecified atom stereocenters. The number of benzene rings is 1. The maximum atomic E-state index is 12.8. The summed E-state index contributed by atoms with van der Waals surface area (Å²) in [6.07, 6.45) is -3.10. The molecule has 0 amide bonds. The van der Waals surface area contributed by atoms with Gasteiger partial charge in [0, 0.05) is 16.8 Å². The summed E-state index contributed by atoms with van der Waals surface area (Å²) >= 11 is 5.75. The highest BCUT2D eigenvalue weighted by molar-refractivity contribution is 6.30. The largest absolute Gasteiger partial charge is 0.418 e. The quantitative estimate of drug-likeness (QED) is 0.737. The van der Waals surface area contributed by atoms with Gasteiger partial charge in [0.05, 0.1) is 11.3 Å². The molecular formula is C12H7ClF3N. The van der Waals surface area contributed by atoms with Gasteiger partial charge in [-0.2, -0.15) is 13.2 Å². The van der Waals surface area contributed by atoms with Crippen molar-refractivity contribution in [2.24, 2.45) is 0 Å². The molecule has 1 aromatic carbocycles. The van der Waals surface area contributed by atoms with Gasteiger partial charge < -0.3 is 0 Å². The van der Waals surface area contributed by atoms with Gasteiger partial charge in [0.1, 0.15) is 0 Å². The van der Waals surface area contributed by atoms with Crippen LogP contribution in [0.25, 0.3) is 11.3 Å². The second-order valence-electron chi connectivity index (χ2n) is 3.41. The minimum Gasteiger partial charge on any atom is -0.256 e. The fourth-order valence-electron chi connectivity index (χ4n) is 1.50. The Labute approximate surface area is 101 Å². The predicted molar refractivity (Wildman–Crippen MR) is 59.7 cm³/mol. The first-order chi connectivity index (χ1) is 7.98. The molecule has 1 nitrogen and oxygen atoms in total. The van der Waals surface area contributed by atoms with Crippen LogP contribution in [0.2, 0.25) is 5.02 Å². The van der Waals surface area contributed by atoms with Crippen molar-refractivity contribution < 1.29 is 13.2 Å². The highest BCUT2D eigenvalue weighted by Gasteiger charge is 2.34. The summed E-state index contributed by atoms with van der Waals surface area (Å²) in [5.41, 5.74) is -0.518. The van der Waals surface area contributed by atoms with E-state index in [0.717, 1.165) is 6.07 Å². The summed E-state index contributed by atoms with van der Waals surface area (Å²) in [6, 6.07) is 8.45. The van der Waals surface area contributed by atoms with Crippen molar-refractivity contribution in [3.8, 4) is 11.3 Å². The number of aromatic nitrogens is 1. The van der Waals surface area contributed by atoms with E-state index in [0.29, 0.717) is 10.6 Å². The van der Waals surface area contributed by atoms with E-state index in [9.17, 15) is 13.2 Å². The number of hydrogen-bond acceptors (Lipinski definition) is 1. The minimum absolute atomic E-state index is 0.109. The van der Waals surface area contributed by atoms with E-state index in [1.54, 1.807) is 18.2 Å². The molecule has 88 valence electrons. The van der Waals surface area contributed by atoms with E-state index in [1.165, 1.54) is 18.3 Å². The SMILES string of the molecule is FC(F)(F)c1cccnc1-c1cccc(Cl)c1. The van der Waals surface area contributed by atoms with Gasteiger partial charge in [0.15, 0.2) is 0 Å². The van der Waals surface area contributed by atoms with Crippen molar-refractivity contribution in [1.29, 1.82) is 0 Å². The zero-order chi connectivity index (χ0) is 12.5. The van der Waals surface area contributed by atoms with Gasteiger partial charge in [-0.15, -0.1) is 0 Å². The fourth-order valence-corrected chi connectivity index (χ4v) is 1.69. The maximum absolute atomic E-state index is 12.8. The lowest BCUT2D eigenvalue weighted by molar-refractivity contribution is -0.137. The third kappa shape index (κ3) is 2.58. The van der Waals surface area contributed by atoms with Gasteiger partial charge in [-0.3, -0.25) is 4.98 Å². The van der Waals surface area contributed by atoms with Crippen LogP contribution < -0.4 is 0 Å². The van der Waals surface area contributed by atoms with Crippen LogP contribution >= 0.6 is 11.6 Å². The van der Waals surface area contributed by atoms with Crippen LogP contribution in [0.5, 0.6) is 0 Å². The lowest BCUT2D eigenvalue weighted by Gasteiger charge is -2.11. The Morgan fingerprint density at radius 3 is 2.47 bits per heavy atom. The van der Waals surface area contributed by atoms with Crippen LogP contribution in [-0.4, -0.2) is 4.98 Å². The molecule has 0 aliphatic rings. The van der Waals surface area contributed by atoms with E-state index >= 15 is 0 Å². The molecule has 0 saturated carbocycles. The molecule has 0 saturated heterocycles. The number of halogens is 4. The summed E-state index contributed by atoms with van der Waals surface area (Å²) < 4.78 is 38.3. The third-order valence-corrected chi connectivity index (χ3v) is 2.45. The number of rotatable bonds is 1. The van der Waals surface area contributed by atoms with E-state index in [2.05, 4.69) is 4.98 Å². The van der Waals surface area contributed by atoms with Gasteiger partial charge in [-0.25, -0.2) is 0 Å². The Balaban J connectivity index is 2.60. The van der Waals surface area contributed by atoms with E-state index in [4.69, 9.17) is 11.6 Å². The van der Waals surface area contributed by atoms with E-state index in [-0.39, 0.29) is 5.69 Å². The van der Waals surface area contributed by atoms with E-state index in [1.807, 2.05) is 0 Å². The summed E-state index contributed by atoms with van der Waals surface area (Å²) in [6.45, 7) is 0. The first-order valence-corrected chi connectivity index (χ1v) is 5.14. The molecule has 1 aromatic heterocycles. The molecule has 0 N–H and O–H groups in total. The Morgan fingerprint density at radius 2 is 1.82 bits per heavy atom. The number of alkyl halides is 3. The van der Waals surface area contributed by atoms with Crippen molar-refractivity contribution in [3.05, 3.63) is 53.2 Å². The van der Waals surface area contributed by atoms with Crippen LogP contribution in [0.3, 0.4) is 0 Å². The van der Waals surface area contributed by atoms with Gasteiger partial charge in [-0.1, -0.05) is 23.7 Å². The number of hydrogen-bond donors (Lipinski definition) is 0. The van der Waals surface area contributed by atoms with Gasteiger partial charge in [0.2, 0.25) is 0 Å². The molecule has 2 aromatic rings. The molecule has 0 atom stereocenters. The molecule has 2 rings (SSSR count). The summed E-state index contributed by atoms with van der Waals surface area (Å²) in [7, 11) is 0. The summed E-state index contributed by atoms with van der Waals surface area (Å²) in [5, 5.41) is 0.376. The Bertz CT molecular complexity index is 537. The smallest absolute Gasteiger partial charge is 0.256 e. The molecule has 0 bridgehead atoms. The van der Waals surface area contributed by atoms with Crippen LogP contribution in [0.4, 0.5) is 13.2 Å². The number of pyridine rings is 1. The highest BCUT2D eigenvalue weighted by Crippen LogP contribution is 2.35. The highest BCUT2D eigenvalue weighted by atomic mass is 35.5. The maximum Gasteiger partial charge on any atom is 0.418 e. The zero-order valence-corrected chi connectivity index (χ0v) is 9.26. The lowest BCUT2D eigenvalue weighted by Crippen LogP contribution is -2.08. The molecule has 5 heteroatoms. The second kappa shape index (κ2) is 4.37. The van der Waals surface area contributed by atoms with Crippen molar-refractivity contribution in [2.75, 3.05) is 0 Å². The summed E-state index contributed by atoms with van der Waals surface area (Å²) in [5.74, 6) is 0. The van der Waals surface area contributed by atoms with Gasteiger partial charge in [-0.05, 0) is 24.3 Å². The van der Waals surface area contributed by atoms with Crippen molar-refractivity contribution in [2.45, 2.75) is 6.18 Å². The molecule has 0 radical (unpaired) electrons. The van der Waals surface area contributed by atoms with Crippen LogP contribution in [0, 0.1) is 0 Å². The first-order valence-electron chi connectivity index (χ1n) is 4.76. The van der Waals surface area contributed by atoms with Crippen molar-refractivity contribution in [3.63, 3.8) is 0 Å². The van der Waals surface area contributed by atoms with Crippen molar-refractivity contribution >= 4 is 11.6 Å². The number of nitrogens with zero attached hydrogens (tertiary/aromatic N) is 1. The van der Waals surface area contributed by atoms with Crippen molar-refractivity contribution in [1.82, 2.24) is 4.98 Å². The fraction of sp³-hybridized carbons (Fsp3) is 0.0833. The topological polar surface area (TPSA) is 12.9 Å². The average molecular weight is 258 g/mol. The van der Waals surface area contributed by atoms with Gasteiger partial charge in [0.25, 0.3) is 0 Å². The molecule has 0 aliphatic heterocycles. The Kier molecular flexibility index (Phi) is 3.07. The molecule has 0 spiro atoms. The normalized spacial score (nSPS) is 11.5. The monoisotopic (exact) mass is 257 g/mol. The molecule has 0 aliphatic carbocycles. The van der Waals surface area contributed by atoms with Crippen LogP contribution in [0.1, 0.15) is 5.56 Å². The zero-order valence-electron chi connectivity index (χ0n) is 8.50. The molecule has 1 heterocycles. The Morgan fingerprint density at radius 1 is 1.06 bits per heavy atom. The van der Waals surface area contributed by atoms with E-state index < -0.39 is 11.7 Å². The third-order valence-electron chi connectivity index (χ3n) is 2.21. The summed E-state index contributed by atoms with van der Waals surface area (Å²) in [4.78, 5) is 3.78. The standard InChI is InChI=1S/C12H7ClF3N/c13-9-4-1-3-8(7-9)11-10(12(14,15)16)5-2-6-17-11/h1-7H. The second-order valence-corrected chi connectivity index (χ2v) is 3.84. The first kappa shape index (κ1) is 11.9. The molecule has 17 heavy (non-hydrogen) atoms. The Hall–Kier alpha value is -1.55. The predicted octanol–water partition coefficient (Wildman–Crippen LogP) is 4.42. The van der Waals surface area contributed by atoms with Crippen LogP contribution in [-0.2, 0) is 6.18 Å². The molecule has 0 fully saturated rings. The van der Waals surface area contributed by atoms with Gasteiger partial charge >= 0.3 is 6.18 Å². The molecular weight excluding hydrogens is 251 g/mol. The van der Waals surface area contributed by atoms with Crippen LogP contribution in [0.15, 0.2) is 42.6 Å². The lowest BCUT2D eigenvalue weighted by atomic mass is 10.1. The minimum atomic E-state index is -4.42.